The van der Waals surface area contributed by atoms with Crippen molar-refractivity contribution in [3.8, 4) is 0 Å². The standard InChI is InChI=1S/C23H35NO/c25-14-24(23-11-17-4-18(12-23)6-19(5-17)13-23)2-1-22-20-7-15-3-16(9-20)10-21(22)8-15/h14-22H,1-13H2. The van der Waals surface area contributed by atoms with Crippen molar-refractivity contribution in [2.75, 3.05) is 6.54 Å². The fraction of sp³-hybridized carbons (Fsp3) is 0.957. The third kappa shape index (κ3) is 2.38. The first-order chi connectivity index (χ1) is 12.2. The molecule has 8 saturated carbocycles. The molecule has 0 radical (unpaired) electrons. The maximum absolute atomic E-state index is 12.1. The van der Waals surface area contributed by atoms with Crippen molar-refractivity contribution >= 4 is 6.41 Å². The molecule has 0 aliphatic heterocycles. The summed E-state index contributed by atoms with van der Waals surface area (Å²) in [6.07, 6.45) is 18.6. The average Bonchev–Trinajstić information content (AvgIpc) is 2.55. The molecule has 138 valence electrons. The Morgan fingerprint density at radius 3 is 1.68 bits per heavy atom. The van der Waals surface area contributed by atoms with Crippen molar-refractivity contribution in [1.82, 2.24) is 4.90 Å². The van der Waals surface area contributed by atoms with Gasteiger partial charge in [-0.2, -0.15) is 0 Å². The molecule has 8 bridgehead atoms. The van der Waals surface area contributed by atoms with Crippen molar-refractivity contribution < 1.29 is 4.79 Å². The molecule has 0 spiro atoms. The SMILES string of the molecule is O=CN(CCC1C2CC3CC(C2)CC1C3)C12CC3CC(CC(C3)C1)C2. The number of rotatable bonds is 5. The van der Waals surface area contributed by atoms with E-state index in [4.69, 9.17) is 0 Å². The van der Waals surface area contributed by atoms with E-state index in [9.17, 15) is 4.79 Å². The van der Waals surface area contributed by atoms with Crippen LogP contribution in [0.25, 0.3) is 0 Å². The lowest BCUT2D eigenvalue weighted by atomic mass is 9.51. The van der Waals surface area contributed by atoms with Crippen LogP contribution in [0.4, 0.5) is 0 Å². The third-order valence-electron chi connectivity index (χ3n) is 9.87. The van der Waals surface area contributed by atoms with E-state index in [0.717, 1.165) is 53.9 Å². The number of hydrogen-bond donors (Lipinski definition) is 0. The number of carbonyl (C=O) groups is 1. The first kappa shape index (κ1) is 15.5. The molecule has 8 fully saturated rings. The minimum Gasteiger partial charge on any atom is -0.340 e. The minimum absolute atomic E-state index is 0.280. The van der Waals surface area contributed by atoms with E-state index in [1.807, 2.05) is 0 Å². The summed E-state index contributed by atoms with van der Waals surface area (Å²) >= 11 is 0. The molecule has 8 aliphatic rings. The Morgan fingerprint density at radius 1 is 0.720 bits per heavy atom. The van der Waals surface area contributed by atoms with E-state index in [0.29, 0.717) is 0 Å². The molecule has 1 amide bonds. The second-order valence-corrected chi connectivity index (χ2v) is 11.3. The molecule has 8 aliphatic carbocycles. The highest BCUT2D eigenvalue weighted by Gasteiger charge is 2.54. The zero-order chi connectivity index (χ0) is 16.6. The number of carbonyl (C=O) groups excluding carboxylic acids is 1. The molecule has 0 saturated heterocycles. The van der Waals surface area contributed by atoms with Gasteiger partial charge in [-0.3, -0.25) is 4.79 Å². The van der Waals surface area contributed by atoms with Crippen LogP contribution < -0.4 is 0 Å². The Morgan fingerprint density at radius 2 is 1.20 bits per heavy atom. The molecule has 0 N–H and O–H groups in total. The summed E-state index contributed by atoms with van der Waals surface area (Å²) < 4.78 is 0. The van der Waals surface area contributed by atoms with Crippen molar-refractivity contribution in [1.29, 1.82) is 0 Å². The number of hydrogen-bond acceptors (Lipinski definition) is 1. The fourth-order valence-corrected chi connectivity index (χ4v) is 9.62. The minimum atomic E-state index is 0.280. The monoisotopic (exact) mass is 341 g/mol. The van der Waals surface area contributed by atoms with Crippen LogP contribution in [0.2, 0.25) is 0 Å². The van der Waals surface area contributed by atoms with Crippen molar-refractivity contribution in [3.63, 3.8) is 0 Å². The Balaban J connectivity index is 1.16. The van der Waals surface area contributed by atoms with Gasteiger partial charge in [-0.25, -0.2) is 0 Å². The van der Waals surface area contributed by atoms with Gasteiger partial charge >= 0.3 is 0 Å². The second-order valence-electron chi connectivity index (χ2n) is 11.3. The molecular formula is C23H35NO. The number of nitrogens with zero attached hydrogens (tertiary/aromatic N) is 1. The van der Waals surface area contributed by atoms with E-state index < -0.39 is 0 Å². The van der Waals surface area contributed by atoms with Gasteiger partial charge in [0, 0.05) is 12.1 Å². The predicted molar refractivity (Wildman–Crippen MR) is 98.8 cm³/mol. The van der Waals surface area contributed by atoms with Crippen LogP contribution in [-0.4, -0.2) is 23.4 Å². The lowest BCUT2D eigenvalue weighted by Gasteiger charge is -2.60. The highest BCUT2D eigenvalue weighted by Crippen LogP contribution is 2.59. The zero-order valence-electron chi connectivity index (χ0n) is 15.7. The first-order valence-corrected chi connectivity index (χ1v) is 11.4. The highest BCUT2D eigenvalue weighted by molar-refractivity contribution is 5.49. The fourth-order valence-electron chi connectivity index (χ4n) is 9.62. The average molecular weight is 342 g/mol. The van der Waals surface area contributed by atoms with Gasteiger partial charge in [0.25, 0.3) is 0 Å². The summed E-state index contributed by atoms with van der Waals surface area (Å²) in [4.78, 5) is 14.5. The molecule has 0 aromatic heterocycles. The van der Waals surface area contributed by atoms with Gasteiger partial charge in [0.2, 0.25) is 6.41 Å². The first-order valence-electron chi connectivity index (χ1n) is 11.4. The second kappa shape index (κ2) is 5.49. The van der Waals surface area contributed by atoms with Crippen LogP contribution >= 0.6 is 0 Å². The van der Waals surface area contributed by atoms with Crippen LogP contribution in [0.5, 0.6) is 0 Å². The van der Waals surface area contributed by atoms with Crippen LogP contribution in [-0.2, 0) is 4.79 Å². The third-order valence-corrected chi connectivity index (χ3v) is 9.87. The van der Waals surface area contributed by atoms with E-state index in [1.165, 1.54) is 77.0 Å². The van der Waals surface area contributed by atoms with Gasteiger partial charge in [-0.15, -0.1) is 0 Å². The van der Waals surface area contributed by atoms with Gasteiger partial charge in [-0.05, 0) is 124 Å². The number of amides is 1. The Kier molecular flexibility index (Phi) is 3.41. The van der Waals surface area contributed by atoms with Crippen LogP contribution in [0.15, 0.2) is 0 Å². The topological polar surface area (TPSA) is 20.3 Å². The van der Waals surface area contributed by atoms with Gasteiger partial charge in [0.1, 0.15) is 0 Å². The van der Waals surface area contributed by atoms with E-state index >= 15 is 0 Å². The highest BCUT2D eigenvalue weighted by atomic mass is 16.1. The van der Waals surface area contributed by atoms with Crippen LogP contribution in [0.1, 0.15) is 77.0 Å². The predicted octanol–water partition coefficient (Wildman–Crippen LogP) is 4.88. The largest absolute Gasteiger partial charge is 0.340 e. The summed E-state index contributed by atoms with van der Waals surface area (Å²) in [6.45, 7) is 1.07. The summed E-state index contributed by atoms with van der Waals surface area (Å²) in [5, 5.41) is 0. The van der Waals surface area contributed by atoms with Gasteiger partial charge in [0.05, 0.1) is 0 Å². The molecule has 0 unspecified atom stereocenters. The van der Waals surface area contributed by atoms with E-state index in [-0.39, 0.29) is 5.54 Å². The van der Waals surface area contributed by atoms with Gasteiger partial charge < -0.3 is 4.90 Å². The zero-order valence-corrected chi connectivity index (χ0v) is 15.7. The maximum atomic E-state index is 12.1. The normalized spacial score (nSPS) is 54.9. The lowest BCUT2D eigenvalue weighted by Crippen LogP contribution is -2.60. The quantitative estimate of drug-likeness (QED) is 0.653. The Labute approximate surface area is 153 Å². The molecule has 0 aromatic carbocycles. The smallest absolute Gasteiger partial charge is 0.210 e. The Bertz CT molecular complexity index is 491. The summed E-state index contributed by atoms with van der Waals surface area (Å²) in [6, 6.07) is 0. The van der Waals surface area contributed by atoms with Crippen LogP contribution in [0.3, 0.4) is 0 Å². The molecule has 0 aromatic rings. The molecule has 25 heavy (non-hydrogen) atoms. The molecular weight excluding hydrogens is 306 g/mol. The van der Waals surface area contributed by atoms with Gasteiger partial charge in [-0.1, -0.05) is 0 Å². The molecule has 8 rings (SSSR count). The lowest BCUT2D eigenvalue weighted by molar-refractivity contribution is -0.139. The van der Waals surface area contributed by atoms with Crippen molar-refractivity contribution in [3.05, 3.63) is 0 Å². The van der Waals surface area contributed by atoms with Crippen LogP contribution in [0, 0.1) is 47.3 Å². The molecule has 2 heteroatoms. The molecule has 0 atom stereocenters. The summed E-state index contributed by atoms with van der Waals surface area (Å²) in [7, 11) is 0. The van der Waals surface area contributed by atoms with E-state index in [1.54, 1.807) is 6.42 Å². The van der Waals surface area contributed by atoms with Crippen molar-refractivity contribution in [2.45, 2.75) is 82.6 Å². The molecule has 2 nitrogen and oxygen atoms in total. The Hall–Kier alpha value is -0.530. The van der Waals surface area contributed by atoms with Crippen molar-refractivity contribution in [2.24, 2.45) is 47.3 Å². The summed E-state index contributed by atoms with van der Waals surface area (Å²) in [5.41, 5.74) is 0.280. The van der Waals surface area contributed by atoms with Gasteiger partial charge in [0.15, 0.2) is 0 Å². The summed E-state index contributed by atoms with van der Waals surface area (Å²) in [5.74, 6) is 7.94. The maximum Gasteiger partial charge on any atom is 0.210 e. The molecule has 0 heterocycles. The van der Waals surface area contributed by atoms with E-state index in [2.05, 4.69) is 4.90 Å².